The lowest BCUT2D eigenvalue weighted by atomic mass is 9.96. The molecule has 0 aromatic heterocycles. The van der Waals surface area contributed by atoms with Crippen LogP contribution in [0.1, 0.15) is 317 Å². The molecule has 0 fully saturated rings. The van der Waals surface area contributed by atoms with Crippen molar-refractivity contribution < 1.29 is 38.4 Å². The number of amides is 4. The van der Waals surface area contributed by atoms with E-state index in [9.17, 15) is 38.4 Å². The summed E-state index contributed by atoms with van der Waals surface area (Å²) in [5.74, 6) is 1.70. The van der Waals surface area contributed by atoms with Gasteiger partial charge in [-0.05, 0) is 75.0 Å². The van der Waals surface area contributed by atoms with Gasteiger partial charge in [0.15, 0.2) is 23.1 Å². The molecule has 0 saturated heterocycles. The number of unbranched alkanes of at least 4 members (excludes halogenated alkanes) is 10. The normalized spacial score (nSPS) is 14.0. The van der Waals surface area contributed by atoms with E-state index in [0.29, 0.717) is 68.6 Å². The zero-order chi connectivity index (χ0) is 63.6. The Labute approximate surface area is 504 Å². The van der Waals surface area contributed by atoms with Crippen molar-refractivity contribution in [2.75, 3.05) is 0 Å². The maximum Gasteiger partial charge on any atom is 0.237 e. The monoisotopic (exact) mass is 1160 g/mol. The fourth-order valence-electron chi connectivity index (χ4n) is 9.10. The molecule has 0 bridgehead atoms. The standard InChI is InChI=1S/2C18H35NO2.C17H34N2O2.C15H30N2O2/c2*1-6-8-10-11-15(5)18(21)19-16(12-9-7-2)17(20)13-14(3)4;1-5-7-9-10-14(18)17(21)19-15(11-8-6-2)16(20)12-13(3)4;1-5-7-9-13(14(18)10-11(3)4)17-15(19)12(16)8-6-2/h2*14-16H,6-13H2,1-5H3,(H,19,21);13-15H,5-12,18H2,1-4H3,(H,19,21);11-13H,5-10,16H2,1-4H3,(H,17,19). The van der Waals surface area contributed by atoms with Crippen LogP contribution in [0.4, 0.5) is 0 Å². The van der Waals surface area contributed by atoms with Gasteiger partial charge in [0.2, 0.25) is 23.6 Å². The zero-order valence-corrected chi connectivity index (χ0v) is 56.6. The molecule has 8 atom stereocenters. The molecule has 8 unspecified atom stereocenters. The molecule has 0 saturated carbocycles. The van der Waals surface area contributed by atoms with Crippen molar-refractivity contribution in [2.45, 2.75) is 354 Å². The average Bonchev–Trinajstić information content (AvgIpc) is 3.40. The molecule has 0 radical (unpaired) electrons. The number of nitrogens with two attached hydrogens (primary N) is 2. The molecule has 0 aliphatic carbocycles. The van der Waals surface area contributed by atoms with Crippen molar-refractivity contribution in [3.63, 3.8) is 0 Å². The summed E-state index contributed by atoms with van der Waals surface area (Å²) >= 11 is 0. The molecule has 0 aromatic rings. The van der Waals surface area contributed by atoms with Crippen LogP contribution in [-0.2, 0) is 38.4 Å². The van der Waals surface area contributed by atoms with Gasteiger partial charge in [-0.2, -0.15) is 0 Å². The zero-order valence-electron chi connectivity index (χ0n) is 56.6. The van der Waals surface area contributed by atoms with Gasteiger partial charge in [0.25, 0.3) is 0 Å². The van der Waals surface area contributed by atoms with E-state index < -0.39 is 12.1 Å². The van der Waals surface area contributed by atoms with Gasteiger partial charge in [-0.3, -0.25) is 38.4 Å². The van der Waals surface area contributed by atoms with Crippen LogP contribution in [0.3, 0.4) is 0 Å². The largest absolute Gasteiger partial charge is 0.346 e. The second-order valence-corrected chi connectivity index (χ2v) is 25.4. The molecule has 0 spiro atoms. The molecule has 0 aliphatic heterocycles. The third kappa shape index (κ3) is 48.8. The lowest BCUT2D eigenvalue weighted by molar-refractivity contribution is -0.130. The van der Waals surface area contributed by atoms with E-state index in [1.165, 1.54) is 25.7 Å². The Bertz CT molecular complexity index is 1510. The Morgan fingerprint density at radius 3 is 0.707 bits per heavy atom. The van der Waals surface area contributed by atoms with Crippen LogP contribution in [0.25, 0.3) is 0 Å². The van der Waals surface area contributed by atoms with Crippen molar-refractivity contribution in [1.82, 2.24) is 21.3 Å². The molecule has 0 rings (SSSR count). The Kier molecular flexibility index (Phi) is 57.3. The highest BCUT2D eigenvalue weighted by molar-refractivity contribution is 5.92. The Hall–Kier alpha value is -3.52. The average molecular weight is 1160 g/mol. The van der Waals surface area contributed by atoms with Gasteiger partial charge in [0.05, 0.1) is 36.3 Å². The fourth-order valence-corrected chi connectivity index (χ4v) is 9.10. The predicted octanol–water partition coefficient (Wildman–Crippen LogP) is 14.6. The molecule has 8 N–H and O–H groups in total. The molecule has 0 aliphatic rings. The number of hydrogen-bond acceptors (Lipinski definition) is 10. The van der Waals surface area contributed by atoms with E-state index >= 15 is 0 Å². The molecule has 4 amide bonds. The van der Waals surface area contributed by atoms with Crippen molar-refractivity contribution in [2.24, 2.45) is 47.0 Å². The van der Waals surface area contributed by atoms with Crippen LogP contribution in [0.5, 0.6) is 0 Å². The molecule has 484 valence electrons. The minimum Gasteiger partial charge on any atom is -0.346 e. The molecular formula is C68H134N6O8. The molecule has 14 heteroatoms. The van der Waals surface area contributed by atoms with Crippen LogP contribution in [0.15, 0.2) is 0 Å². The summed E-state index contributed by atoms with van der Waals surface area (Å²) in [5, 5.41) is 11.7. The maximum absolute atomic E-state index is 12.3. The Morgan fingerprint density at radius 2 is 0.488 bits per heavy atom. The number of Topliss-reactive ketones (excluding diaryl/α,β-unsaturated/α-hetero) is 4. The first kappa shape index (κ1) is 84.9. The number of nitrogens with one attached hydrogen (secondary N) is 4. The second kappa shape index (κ2) is 55.4. The molecule has 82 heavy (non-hydrogen) atoms. The number of carbonyl (C=O) groups excluding carboxylic acids is 8. The van der Waals surface area contributed by atoms with Crippen LogP contribution < -0.4 is 32.7 Å². The highest BCUT2D eigenvalue weighted by atomic mass is 16.2. The highest BCUT2D eigenvalue weighted by Gasteiger charge is 2.27. The third-order valence-corrected chi connectivity index (χ3v) is 14.4. The summed E-state index contributed by atoms with van der Waals surface area (Å²) in [6.45, 7) is 37.0. The highest BCUT2D eigenvalue weighted by Crippen LogP contribution is 2.17. The first-order chi connectivity index (χ1) is 38.7. The summed E-state index contributed by atoms with van der Waals surface area (Å²) in [6.07, 6.45) is 27.2. The minimum absolute atomic E-state index is 0.00697. The van der Waals surface area contributed by atoms with E-state index in [4.69, 9.17) is 11.5 Å². The number of carbonyl (C=O) groups is 8. The smallest absolute Gasteiger partial charge is 0.237 e. The van der Waals surface area contributed by atoms with Crippen LogP contribution in [-0.4, -0.2) is 83.0 Å². The maximum atomic E-state index is 12.3. The van der Waals surface area contributed by atoms with E-state index in [2.05, 4.69) is 69.7 Å². The quantitative estimate of drug-likeness (QED) is 0.0315. The minimum atomic E-state index is -0.499. The topological polar surface area (TPSA) is 237 Å². The molecule has 14 nitrogen and oxygen atoms in total. The van der Waals surface area contributed by atoms with Gasteiger partial charge in [-0.1, -0.05) is 240 Å². The number of ketones is 4. The van der Waals surface area contributed by atoms with Gasteiger partial charge in [-0.15, -0.1) is 0 Å². The lowest BCUT2D eigenvalue weighted by Gasteiger charge is -2.21. The van der Waals surface area contributed by atoms with Gasteiger partial charge < -0.3 is 32.7 Å². The van der Waals surface area contributed by atoms with Gasteiger partial charge >= 0.3 is 0 Å². The lowest BCUT2D eigenvalue weighted by Crippen LogP contribution is -2.48. The third-order valence-electron chi connectivity index (χ3n) is 14.4. The summed E-state index contributed by atoms with van der Waals surface area (Å²) in [7, 11) is 0. The first-order valence-electron chi connectivity index (χ1n) is 33.5. The van der Waals surface area contributed by atoms with Crippen molar-refractivity contribution in [3.05, 3.63) is 0 Å². The number of rotatable bonds is 46. The molecule has 0 heterocycles. The molecule has 0 aromatic carbocycles. The van der Waals surface area contributed by atoms with Crippen LogP contribution in [0.2, 0.25) is 0 Å². The van der Waals surface area contributed by atoms with E-state index in [1.807, 2.05) is 76.2 Å². The summed E-state index contributed by atoms with van der Waals surface area (Å²) in [5.41, 5.74) is 11.7. The number of hydrogen-bond donors (Lipinski definition) is 6. The summed E-state index contributed by atoms with van der Waals surface area (Å²) in [4.78, 5) is 97.4. The van der Waals surface area contributed by atoms with E-state index in [1.54, 1.807) is 0 Å². The van der Waals surface area contributed by atoms with Crippen molar-refractivity contribution in [1.29, 1.82) is 0 Å². The van der Waals surface area contributed by atoms with E-state index in [-0.39, 0.29) is 82.8 Å². The van der Waals surface area contributed by atoms with Gasteiger partial charge in [-0.25, -0.2) is 0 Å². The summed E-state index contributed by atoms with van der Waals surface area (Å²) in [6, 6.07) is -2.29. The van der Waals surface area contributed by atoms with Crippen LogP contribution in [0, 0.1) is 35.5 Å². The van der Waals surface area contributed by atoms with Gasteiger partial charge in [0.1, 0.15) is 0 Å². The Morgan fingerprint density at radius 1 is 0.268 bits per heavy atom. The van der Waals surface area contributed by atoms with E-state index in [0.717, 1.165) is 122 Å². The first-order valence-corrected chi connectivity index (χ1v) is 33.5. The summed E-state index contributed by atoms with van der Waals surface area (Å²) < 4.78 is 0. The Balaban J connectivity index is -0.000000495. The molecular weight excluding hydrogens is 1030 g/mol. The predicted molar refractivity (Wildman–Crippen MR) is 345 cm³/mol. The van der Waals surface area contributed by atoms with Gasteiger partial charge in [0, 0.05) is 37.5 Å². The van der Waals surface area contributed by atoms with Crippen molar-refractivity contribution in [3.8, 4) is 0 Å². The SMILES string of the molecule is CCCCC(NC(=O)C(N)CCC)C(=O)CC(C)C.CCCCCC(C)C(=O)NC(CCCC)C(=O)CC(C)C.CCCCCC(C)C(=O)NC(CCCC)C(=O)CC(C)C.CCCCCC(N)C(=O)NC(CCCC)C(=O)CC(C)C. The van der Waals surface area contributed by atoms with Crippen LogP contribution >= 0.6 is 0 Å². The van der Waals surface area contributed by atoms with Crippen molar-refractivity contribution >= 4 is 46.8 Å². The fraction of sp³-hybridized carbons (Fsp3) is 0.882. The second-order valence-electron chi connectivity index (χ2n) is 25.4.